The number of aromatic nitrogens is 3. The molecule has 0 amide bonds. The van der Waals surface area contributed by atoms with Gasteiger partial charge in [-0.15, -0.1) is 0 Å². The zero-order valence-corrected chi connectivity index (χ0v) is 14.9. The van der Waals surface area contributed by atoms with E-state index in [0.29, 0.717) is 13.7 Å². The predicted molar refractivity (Wildman–Crippen MR) is 89.4 cm³/mol. The van der Waals surface area contributed by atoms with E-state index in [4.69, 9.17) is 15.3 Å². The Kier molecular flexibility index (Phi) is 8.93. The molecule has 0 N–H and O–H groups in total. The second kappa shape index (κ2) is 11.4. The molecule has 14 nitrogen and oxygen atoms in total. The van der Waals surface area contributed by atoms with Crippen molar-refractivity contribution < 1.29 is 28.5 Å². The average molecular weight is 409 g/mol. The summed E-state index contributed by atoms with van der Waals surface area (Å²) in [5, 5.41) is 16.9. The zero-order chi connectivity index (χ0) is 21.8. The van der Waals surface area contributed by atoms with Crippen molar-refractivity contribution in [2.75, 3.05) is 13.2 Å². The summed E-state index contributed by atoms with van der Waals surface area (Å²) in [6, 6.07) is 0. The highest BCUT2D eigenvalue weighted by molar-refractivity contribution is 5.81. The number of carbonyl (C=O) groups excluding carboxylic acids is 2. The average Bonchev–Trinajstić information content (AvgIpc) is 2.70. The van der Waals surface area contributed by atoms with E-state index in [9.17, 15) is 24.0 Å². The highest BCUT2D eigenvalue weighted by Crippen LogP contribution is 1.91. The molecule has 0 saturated carbocycles. The van der Waals surface area contributed by atoms with Crippen LogP contribution in [0.4, 0.5) is 0 Å². The van der Waals surface area contributed by atoms with Crippen LogP contribution in [0.3, 0.4) is 0 Å². The van der Waals surface area contributed by atoms with Crippen LogP contribution in [0.15, 0.2) is 27.0 Å². The molecular weight excluding hydrogens is 394 g/mol. The van der Waals surface area contributed by atoms with Crippen molar-refractivity contribution in [3.63, 3.8) is 0 Å². The van der Waals surface area contributed by atoms with E-state index < -0.39 is 55.4 Å². The first-order valence-corrected chi connectivity index (χ1v) is 7.78. The first-order chi connectivity index (χ1) is 13.9. The molecule has 0 aliphatic rings. The highest BCUT2D eigenvalue weighted by atomic mass is 16.6. The first-order valence-electron chi connectivity index (χ1n) is 7.78. The van der Waals surface area contributed by atoms with Crippen LogP contribution in [0.1, 0.15) is 6.42 Å². The predicted octanol–water partition coefficient (Wildman–Crippen LogP) is -2.26. The summed E-state index contributed by atoms with van der Waals surface area (Å²) in [6.45, 7) is 0.643. The molecule has 154 valence electrons. The van der Waals surface area contributed by atoms with Crippen LogP contribution in [-0.4, -0.2) is 38.9 Å². The molecular formula is C15H15N5O9. The normalized spacial score (nSPS) is 9.59. The minimum absolute atomic E-state index is 0.217. The molecule has 1 aromatic rings. The van der Waals surface area contributed by atoms with Gasteiger partial charge in [-0.1, -0.05) is 6.58 Å². The monoisotopic (exact) mass is 409 g/mol. The van der Waals surface area contributed by atoms with E-state index in [1.54, 1.807) is 0 Å². The van der Waals surface area contributed by atoms with Gasteiger partial charge in [0.1, 0.15) is 13.2 Å². The SMILES string of the molecule is C=CC(=O)OCCOC(=O)CCn1c(=O)n(COC#N)c(=O)n(COC#N)c1=O. The fourth-order valence-corrected chi connectivity index (χ4v) is 1.91. The number of ether oxygens (including phenoxy) is 4. The van der Waals surface area contributed by atoms with Crippen molar-refractivity contribution >= 4 is 11.9 Å². The first kappa shape index (κ1) is 22.7. The van der Waals surface area contributed by atoms with Crippen molar-refractivity contribution in [1.29, 1.82) is 10.5 Å². The maximum Gasteiger partial charge on any atom is 0.342 e. The van der Waals surface area contributed by atoms with Crippen molar-refractivity contribution in [2.24, 2.45) is 0 Å². The minimum Gasteiger partial charge on any atom is -0.462 e. The molecule has 0 saturated heterocycles. The number of nitrogens with zero attached hydrogens (tertiary/aromatic N) is 5. The van der Waals surface area contributed by atoms with Crippen LogP contribution < -0.4 is 17.1 Å². The summed E-state index contributed by atoms with van der Waals surface area (Å²) < 4.78 is 19.4. The molecule has 1 rings (SSSR count). The lowest BCUT2D eigenvalue weighted by Crippen LogP contribution is -2.55. The molecule has 0 unspecified atom stereocenters. The highest BCUT2D eigenvalue weighted by Gasteiger charge is 2.17. The van der Waals surface area contributed by atoms with Crippen LogP contribution in [0.25, 0.3) is 0 Å². The Morgan fingerprint density at radius 2 is 1.38 bits per heavy atom. The summed E-state index contributed by atoms with van der Waals surface area (Å²) in [5.41, 5.74) is -3.46. The van der Waals surface area contributed by atoms with Gasteiger partial charge in [-0.05, 0) is 0 Å². The van der Waals surface area contributed by atoms with Gasteiger partial charge in [-0.25, -0.2) is 32.9 Å². The lowest BCUT2D eigenvalue weighted by Gasteiger charge is -2.12. The van der Waals surface area contributed by atoms with E-state index in [1.165, 1.54) is 12.5 Å². The lowest BCUT2D eigenvalue weighted by molar-refractivity contribution is -0.149. The number of carbonyl (C=O) groups is 2. The largest absolute Gasteiger partial charge is 0.462 e. The second-order valence-electron chi connectivity index (χ2n) is 4.93. The van der Waals surface area contributed by atoms with Crippen LogP contribution in [-0.2, 0) is 48.5 Å². The number of nitriles is 2. The number of hydrogen-bond donors (Lipinski definition) is 0. The Labute approximate surface area is 161 Å². The van der Waals surface area contributed by atoms with Gasteiger partial charge < -0.3 is 18.9 Å². The van der Waals surface area contributed by atoms with E-state index in [2.05, 4.69) is 20.8 Å². The topological polar surface area (TPSA) is 185 Å². The van der Waals surface area contributed by atoms with Gasteiger partial charge in [0.05, 0.1) is 6.42 Å². The van der Waals surface area contributed by atoms with E-state index >= 15 is 0 Å². The standard InChI is InChI=1S/C15H15N5O9/c1-2-11(21)28-5-6-29-12(22)3-4-18-13(23)19(9-26-7-16)15(25)20(14(18)24)10-27-8-17/h2H,1,3-6,9-10H2. The van der Waals surface area contributed by atoms with Gasteiger partial charge in [-0.2, -0.15) is 10.5 Å². The molecule has 29 heavy (non-hydrogen) atoms. The maximum absolute atomic E-state index is 12.3. The Hall–Kier alpha value is -4.33. The molecule has 14 heteroatoms. The molecule has 0 fully saturated rings. The fourth-order valence-electron chi connectivity index (χ4n) is 1.91. The molecule has 0 aromatic carbocycles. The quantitative estimate of drug-likeness (QED) is 0.166. The number of hydrogen-bond acceptors (Lipinski definition) is 11. The van der Waals surface area contributed by atoms with Gasteiger partial charge in [0.25, 0.3) is 12.5 Å². The number of esters is 2. The Bertz CT molecular complexity index is 965. The number of rotatable bonds is 11. The Balaban J connectivity index is 2.97. The van der Waals surface area contributed by atoms with Gasteiger partial charge in [0, 0.05) is 12.6 Å². The smallest absolute Gasteiger partial charge is 0.342 e. The molecule has 0 aliphatic heterocycles. The molecule has 1 heterocycles. The summed E-state index contributed by atoms with van der Waals surface area (Å²) in [6.07, 6.45) is 3.01. The zero-order valence-electron chi connectivity index (χ0n) is 14.9. The van der Waals surface area contributed by atoms with Crippen molar-refractivity contribution in [3.8, 4) is 12.5 Å². The van der Waals surface area contributed by atoms with E-state index in [-0.39, 0.29) is 13.2 Å². The van der Waals surface area contributed by atoms with E-state index in [0.717, 1.165) is 6.08 Å². The van der Waals surface area contributed by atoms with Crippen LogP contribution in [0, 0.1) is 23.0 Å². The fraction of sp³-hybridized carbons (Fsp3) is 0.400. The molecule has 0 bridgehead atoms. The summed E-state index contributed by atoms with van der Waals surface area (Å²) in [5.74, 6) is -1.52. The van der Waals surface area contributed by atoms with Gasteiger partial charge in [0.15, 0.2) is 13.5 Å². The second-order valence-corrected chi connectivity index (χ2v) is 4.93. The van der Waals surface area contributed by atoms with Crippen molar-refractivity contribution in [3.05, 3.63) is 44.1 Å². The molecule has 0 atom stereocenters. The molecule has 0 aliphatic carbocycles. The summed E-state index contributed by atoms with van der Waals surface area (Å²) >= 11 is 0. The molecule has 0 spiro atoms. The van der Waals surface area contributed by atoms with Crippen LogP contribution in [0.5, 0.6) is 0 Å². The van der Waals surface area contributed by atoms with Gasteiger partial charge in [0.2, 0.25) is 0 Å². The maximum atomic E-state index is 12.3. The third kappa shape index (κ3) is 6.40. The van der Waals surface area contributed by atoms with Crippen molar-refractivity contribution in [2.45, 2.75) is 26.4 Å². The minimum atomic E-state index is -1.17. The lowest BCUT2D eigenvalue weighted by atomic mass is 10.4. The van der Waals surface area contributed by atoms with Crippen LogP contribution >= 0.6 is 0 Å². The summed E-state index contributed by atoms with van der Waals surface area (Å²) in [4.78, 5) is 59.4. The third-order valence-electron chi connectivity index (χ3n) is 3.20. The van der Waals surface area contributed by atoms with Gasteiger partial charge >= 0.3 is 29.0 Å². The van der Waals surface area contributed by atoms with E-state index in [1.807, 2.05) is 0 Å². The van der Waals surface area contributed by atoms with Gasteiger partial charge in [-0.3, -0.25) is 4.79 Å². The molecule has 0 radical (unpaired) electrons. The van der Waals surface area contributed by atoms with Crippen LogP contribution in [0.2, 0.25) is 0 Å². The Morgan fingerprint density at radius 3 is 1.86 bits per heavy atom. The summed E-state index contributed by atoms with van der Waals surface area (Å²) in [7, 11) is 0. The Morgan fingerprint density at radius 1 is 0.897 bits per heavy atom. The molecule has 1 aromatic heterocycles. The van der Waals surface area contributed by atoms with Crippen molar-refractivity contribution in [1.82, 2.24) is 13.7 Å². The third-order valence-corrected chi connectivity index (χ3v) is 3.20.